The molecule has 2 rings (SSSR count). The van der Waals surface area contributed by atoms with Crippen molar-refractivity contribution in [2.24, 2.45) is 0 Å². The largest absolute Gasteiger partial charge is 0.352 e. The SMILES string of the molecule is C[C@@H](NS(=O)(=O)c1ccc(Cl)cc1)C(=O)NC1CCN(C)CC1. The van der Waals surface area contributed by atoms with Crippen molar-refractivity contribution in [1.82, 2.24) is 14.9 Å². The Balaban J connectivity index is 1.93. The van der Waals surface area contributed by atoms with Gasteiger partial charge in [0, 0.05) is 11.1 Å². The maximum absolute atomic E-state index is 12.3. The quantitative estimate of drug-likeness (QED) is 0.828. The van der Waals surface area contributed by atoms with Gasteiger partial charge in [-0.1, -0.05) is 11.6 Å². The van der Waals surface area contributed by atoms with E-state index in [0.29, 0.717) is 5.02 Å². The normalized spacial score (nSPS) is 18.6. The Morgan fingerprint density at radius 3 is 2.39 bits per heavy atom. The number of likely N-dealkylation sites (tertiary alicyclic amines) is 1. The minimum Gasteiger partial charge on any atom is -0.352 e. The van der Waals surface area contributed by atoms with Crippen LogP contribution in [-0.2, 0) is 14.8 Å². The lowest BCUT2D eigenvalue weighted by Crippen LogP contribution is -2.50. The number of carbonyl (C=O) groups excluding carboxylic acids is 1. The number of rotatable bonds is 5. The first-order chi connectivity index (χ1) is 10.8. The first-order valence-electron chi connectivity index (χ1n) is 7.55. The maximum atomic E-state index is 12.3. The molecule has 1 aromatic rings. The summed E-state index contributed by atoms with van der Waals surface area (Å²) < 4.78 is 26.9. The van der Waals surface area contributed by atoms with Gasteiger partial charge in [-0.2, -0.15) is 4.72 Å². The van der Waals surface area contributed by atoms with Gasteiger partial charge in [-0.3, -0.25) is 4.79 Å². The number of hydrogen-bond donors (Lipinski definition) is 2. The molecule has 6 nitrogen and oxygen atoms in total. The van der Waals surface area contributed by atoms with Crippen LogP contribution in [0.4, 0.5) is 0 Å². The first-order valence-corrected chi connectivity index (χ1v) is 9.41. The monoisotopic (exact) mass is 359 g/mol. The van der Waals surface area contributed by atoms with Crippen LogP contribution in [0.15, 0.2) is 29.2 Å². The molecular formula is C15H22ClN3O3S. The molecule has 0 bridgehead atoms. The highest BCUT2D eigenvalue weighted by Gasteiger charge is 2.25. The molecule has 1 heterocycles. The van der Waals surface area contributed by atoms with E-state index in [2.05, 4.69) is 14.9 Å². The standard InChI is InChI=1S/C15H22ClN3O3S/c1-11(15(20)17-13-7-9-19(2)10-8-13)18-23(21,22)14-5-3-12(16)4-6-14/h3-6,11,13,18H,7-10H2,1-2H3,(H,17,20)/t11-/m1/s1. The van der Waals surface area contributed by atoms with Crippen LogP contribution in [0.1, 0.15) is 19.8 Å². The summed E-state index contributed by atoms with van der Waals surface area (Å²) in [6.45, 7) is 3.39. The van der Waals surface area contributed by atoms with Crippen molar-refractivity contribution in [3.05, 3.63) is 29.3 Å². The molecule has 0 radical (unpaired) electrons. The molecule has 0 aromatic heterocycles. The van der Waals surface area contributed by atoms with Crippen LogP contribution in [0, 0.1) is 0 Å². The molecule has 0 aliphatic carbocycles. The fourth-order valence-corrected chi connectivity index (χ4v) is 3.78. The molecular weight excluding hydrogens is 338 g/mol. The average Bonchev–Trinajstić information content (AvgIpc) is 2.49. The third-order valence-corrected chi connectivity index (χ3v) is 5.72. The van der Waals surface area contributed by atoms with Crippen LogP contribution in [-0.4, -0.2) is 51.4 Å². The summed E-state index contributed by atoms with van der Waals surface area (Å²) in [4.78, 5) is 14.5. The minimum atomic E-state index is -3.75. The number of piperidine rings is 1. The number of benzene rings is 1. The number of halogens is 1. The number of sulfonamides is 1. The zero-order valence-electron chi connectivity index (χ0n) is 13.3. The second-order valence-electron chi connectivity index (χ2n) is 5.88. The van der Waals surface area contributed by atoms with Gasteiger partial charge < -0.3 is 10.2 Å². The van der Waals surface area contributed by atoms with Crippen LogP contribution in [0.3, 0.4) is 0 Å². The van der Waals surface area contributed by atoms with Crippen molar-refractivity contribution in [1.29, 1.82) is 0 Å². The Labute approximate surface area is 142 Å². The molecule has 8 heteroatoms. The Hall–Kier alpha value is -1.15. The highest BCUT2D eigenvalue weighted by atomic mass is 35.5. The lowest BCUT2D eigenvalue weighted by molar-refractivity contribution is -0.123. The topological polar surface area (TPSA) is 78.5 Å². The average molecular weight is 360 g/mol. The lowest BCUT2D eigenvalue weighted by atomic mass is 10.1. The van der Waals surface area contributed by atoms with Gasteiger partial charge in [-0.25, -0.2) is 8.42 Å². The number of carbonyl (C=O) groups is 1. The second kappa shape index (κ2) is 7.61. The summed E-state index contributed by atoms with van der Waals surface area (Å²) in [6, 6.07) is 5.08. The van der Waals surface area contributed by atoms with Crippen molar-refractivity contribution >= 4 is 27.5 Å². The van der Waals surface area contributed by atoms with Crippen molar-refractivity contribution in [3.8, 4) is 0 Å². The number of amides is 1. The smallest absolute Gasteiger partial charge is 0.241 e. The molecule has 0 saturated carbocycles. The molecule has 2 N–H and O–H groups in total. The van der Waals surface area contributed by atoms with Gasteiger partial charge in [0.2, 0.25) is 15.9 Å². The lowest BCUT2D eigenvalue weighted by Gasteiger charge is -2.30. The van der Waals surface area contributed by atoms with Gasteiger partial charge in [0.1, 0.15) is 0 Å². The number of nitrogens with zero attached hydrogens (tertiary/aromatic N) is 1. The fourth-order valence-electron chi connectivity index (χ4n) is 2.45. The van der Waals surface area contributed by atoms with E-state index in [1.54, 1.807) is 0 Å². The molecule has 1 atom stereocenters. The fraction of sp³-hybridized carbons (Fsp3) is 0.533. The summed E-state index contributed by atoms with van der Waals surface area (Å²) in [5, 5.41) is 3.36. The zero-order chi connectivity index (χ0) is 17.0. The molecule has 1 saturated heterocycles. The molecule has 1 aromatic carbocycles. The van der Waals surface area contributed by atoms with Crippen molar-refractivity contribution in [2.75, 3.05) is 20.1 Å². The van der Waals surface area contributed by atoms with Crippen LogP contribution in [0.2, 0.25) is 5.02 Å². The molecule has 1 fully saturated rings. The van der Waals surface area contributed by atoms with Crippen LogP contribution < -0.4 is 10.0 Å². The predicted molar refractivity (Wildman–Crippen MR) is 89.9 cm³/mol. The zero-order valence-corrected chi connectivity index (χ0v) is 14.8. The van der Waals surface area contributed by atoms with Crippen molar-refractivity contribution in [2.45, 2.75) is 36.7 Å². The number of nitrogens with one attached hydrogen (secondary N) is 2. The summed E-state index contributed by atoms with van der Waals surface area (Å²) in [5.41, 5.74) is 0. The van der Waals surface area contributed by atoms with Crippen LogP contribution in [0.25, 0.3) is 0 Å². The Morgan fingerprint density at radius 2 is 1.83 bits per heavy atom. The molecule has 1 aliphatic rings. The third kappa shape index (κ3) is 5.17. The Bertz CT molecular complexity index is 640. The molecule has 0 unspecified atom stereocenters. The van der Waals surface area contributed by atoms with Crippen molar-refractivity contribution < 1.29 is 13.2 Å². The maximum Gasteiger partial charge on any atom is 0.241 e. The van der Waals surface area contributed by atoms with Gasteiger partial charge in [0.05, 0.1) is 10.9 Å². The van der Waals surface area contributed by atoms with Gasteiger partial charge in [-0.15, -0.1) is 0 Å². The minimum absolute atomic E-state index is 0.0841. The first kappa shape index (κ1) is 18.2. The molecule has 1 amide bonds. The summed E-state index contributed by atoms with van der Waals surface area (Å²) >= 11 is 5.75. The highest BCUT2D eigenvalue weighted by Crippen LogP contribution is 2.14. The summed E-state index contributed by atoms with van der Waals surface area (Å²) in [6.07, 6.45) is 1.75. The van der Waals surface area contributed by atoms with Crippen molar-refractivity contribution in [3.63, 3.8) is 0 Å². The van der Waals surface area contributed by atoms with Gasteiger partial charge in [0.15, 0.2) is 0 Å². The van der Waals surface area contributed by atoms with E-state index in [0.717, 1.165) is 25.9 Å². The van der Waals surface area contributed by atoms with E-state index in [4.69, 9.17) is 11.6 Å². The second-order valence-corrected chi connectivity index (χ2v) is 8.03. The molecule has 23 heavy (non-hydrogen) atoms. The van der Waals surface area contributed by atoms with E-state index in [9.17, 15) is 13.2 Å². The number of hydrogen-bond acceptors (Lipinski definition) is 4. The summed E-state index contributed by atoms with van der Waals surface area (Å²) in [5.74, 6) is -0.308. The highest BCUT2D eigenvalue weighted by molar-refractivity contribution is 7.89. The van der Waals surface area contributed by atoms with Gasteiger partial charge in [-0.05, 0) is 64.2 Å². The van der Waals surface area contributed by atoms with Crippen LogP contribution in [0.5, 0.6) is 0 Å². The van der Waals surface area contributed by atoms with E-state index in [1.165, 1.54) is 31.2 Å². The van der Waals surface area contributed by atoms with E-state index < -0.39 is 16.1 Å². The van der Waals surface area contributed by atoms with Gasteiger partial charge >= 0.3 is 0 Å². The predicted octanol–water partition coefficient (Wildman–Crippen LogP) is 1.22. The van der Waals surface area contributed by atoms with E-state index in [1.807, 2.05) is 7.05 Å². The third-order valence-electron chi connectivity index (χ3n) is 3.91. The molecule has 0 spiro atoms. The van der Waals surface area contributed by atoms with E-state index >= 15 is 0 Å². The van der Waals surface area contributed by atoms with Crippen LogP contribution >= 0.6 is 11.6 Å². The molecule has 1 aliphatic heterocycles. The summed E-state index contributed by atoms with van der Waals surface area (Å²) in [7, 11) is -1.71. The Kier molecular flexibility index (Phi) is 6.02. The molecule has 128 valence electrons. The van der Waals surface area contributed by atoms with Gasteiger partial charge in [0.25, 0.3) is 0 Å². The van der Waals surface area contributed by atoms with E-state index in [-0.39, 0.29) is 16.8 Å². The Morgan fingerprint density at radius 1 is 1.26 bits per heavy atom.